The number of imidazole rings is 1. The second-order valence-electron chi connectivity index (χ2n) is 6.48. The molecule has 0 radical (unpaired) electrons. The molecule has 2 saturated heterocycles. The maximum atomic E-state index is 12.5. The first-order chi connectivity index (χ1) is 11.2. The van der Waals surface area contributed by atoms with E-state index >= 15 is 0 Å². The summed E-state index contributed by atoms with van der Waals surface area (Å²) in [6.45, 7) is 3.24. The minimum Gasteiger partial charge on any atom is -0.445 e. The molecule has 4 rings (SSSR count). The molecular formula is C17H22ClN3O3. The smallest absolute Gasteiger partial charge is 0.423 e. The predicted molar refractivity (Wildman–Crippen MR) is 93.9 cm³/mol. The molecule has 2 aliphatic rings. The SMILES string of the molecule is CCN1C2CCC1CC(OC(=O)n1c(=O)[nH]c3ccccc31)C2.Cl. The number of ether oxygens (including phenoxy) is 1. The Morgan fingerprint density at radius 2 is 1.92 bits per heavy atom. The largest absolute Gasteiger partial charge is 0.445 e. The Labute approximate surface area is 146 Å². The molecular weight excluding hydrogens is 330 g/mol. The van der Waals surface area contributed by atoms with E-state index in [0.717, 1.165) is 24.0 Å². The van der Waals surface area contributed by atoms with Gasteiger partial charge in [-0.1, -0.05) is 19.1 Å². The lowest BCUT2D eigenvalue weighted by atomic mass is 10.00. The number of hydrogen-bond donors (Lipinski definition) is 1. The first-order valence-electron chi connectivity index (χ1n) is 8.34. The van der Waals surface area contributed by atoms with Gasteiger partial charge in [-0.25, -0.2) is 9.59 Å². The van der Waals surface area contributed by atoms with E-state index in [1.165, 1.54) is 12.8 Å². The van der Waals surface area contributed by atoms with Gasteiger partial charge >= 0.3 is 11.8 Å². The fraction of sp³-hybridized carbons (Fsp3) is 0.529. The molecule has 3 heterocycles. The number of H-pyrrole nitrogens is 1. The van der Waals surface area contributed by atoms with Crippen LogP contribution >= 0.6 is 12.4 Å². The van der Waals surface area contributed by atoms with Gasteiger partial charge in [0.15, 0.2) is 0 Å². The van der Waals surface area contributed by atoms with E-state index in [1.54, 1.807) is 18.2 Å². The maximum Gasteiger partial charge on any atom is 0.423 e. The molecule has 0 aliphatic carbocycles. The second-order valence-corrected chi connectivity index (χ2v) is 6.48. The number of piperidine rings is 1. The van der Waals surface area contributed by atoms with Crippen molar-refractivity contribution in [2.45, 2.75) is 50.8 Å². The topological polar surface area (TPSA) is 67.3 Å². The van der Waals surface area contributed by atoms with Crippen LogP contribution in [0.4, 0.5) is 4.79 Å². The van der Waals surface area contributed by atoms with E-state index in [1.807, 2.05) is 6.07 Å². The van der Waals surface area contributed by atoms with Gasteiger partial charge in [0.1, 0.15) is 6.10 Å². The number of aromatic amines is 1. The normalized spacial score (nSPS) is 26.3. The highest BCUT2D eigenvalue weighted by atomic mass is 35.5. The van der Waals surface area contributed by atoms with Gasteiger partial charge in [-0.3, -0.25) is 4.90 Å². The van der Waals surface area contributed by atoms with Gasteiger partial charge in [-0.15, -0.1) is 12.4 Å². The van der Waals surface area contributed by atoms with Crippen molar-refractivity contribution in [3.05, 3.63) is 34.7 Å². The highest BCUT2D eigenvalue weighted by Gasteiger charge is 2.41. The lowest BCUT2D eigenvalue weighted by Crippen LogP contribution is -2.46. The van der Waals surface area contributed by atoms with Crippen molar-refractivity contribution in [1.29, 1.82) is 0 Å². The molecule has 2 aromatic rings. The molecule has 1 aromatic carbocycles. The Kier molecular flexibility index (Phi) is 4.69. The molecule has 0 spiro atoms. The number of para-hydroxylation sites is 2. The van der Waals surface area contributed by atoms with Crippen molar-refractivity contribution < 1.29 is 9.53 Å². The van der Waals surface area contributed by atoms with Gasteiger partial charge in [-0.05, 0) is 31.5 Å². The van der Waals surface area contributed by atoms with Gasteiger partial charge in [0, 0.05) is 24.9 Å². The summed E-state index contributed by atoms with van der Waals surface area (Å²) in [7, 11) is 0. The van der Waals surface area contributed by atoms with E-state index in [0.29, 0.717) is 23.1 Å². The van der Waals surface area contributed by atoms with Crippen LogP contribution in [0.15, 0.2) is 29.1 Å². The van der Waals surface area contributed by atoms with Gasteiger partial charge < -0.3 is 9.72 Å². The molecule has 2 bridgehead atoms. The highest BCUT2D eigenvalue weighted by Crippen LogP contribution is 2.36. The molecule has 1 N–H and O–H groups in total. The Balaban J connectivity index is 0.00000169. The summed E-state index contributed by atoms with van der Waals surface area (Å²) in [5, 5.41) is 0. The third kappa shape index (κ3) is 2.74. The van der Waals surface area contributed by atoms with E-state index in [2.05, 4.69) is 16.8 Å². The Morgan fingerprint density at radius 3 is 2.58 bits per heavy atom. The number of nitrogens with one attached hydrogen (secondary N) is 1. The first kappa shape index (κ1) is 17.0. The number of rotatable bonds is 2. The number of carbonyl (C=O) groups excluding carboxylic acids is 1. The van der Waals surface area contributed by atoms with Crippen LogP contribution < -0.4 is 5.69 Å². The summed E-state index contributed by atoms with van der Waals surface area (Å²) in [4.78, 5) is 29.8. The number of nitrogens with zero attached hydrogens (tertiary/aromatic N) is 2. The van der Waals surface area contributed by atoms with E-state index in [-0.39, 0.29) is 18.5 Å². The molecule has 130 valence electrons. The molecule has 0 amide bonds. The van der Waals surface area contributed by atoms with Crippen LogP contribution in [0.25, 0.3) is 11.0 Å². The molecule has 24 heavy (non-hydrogen) atoms. The van der Waals surface area contributed by atoms with Gasteiger partial charge in [0.25, 0.3) is 0 Å². The molecule has 0 saturated carbocycles. The summed E-state index contributed by atoms with van der Waals surface area (Å²) in [6, 6.07) is 8.18. The third-order valence-electron chi connectivity index (χ3n) is 5.25. The molecule has 7 heteroatoms. The lowest BCUT2D eigenvalue weighted by molar-refractivity contribution is 0.0208. The van der Waals surface area contributed by atoms with Crippen molar-refractivity contribution in [2.75, 3.05) is 6.54 Å². The van der Waals surface area contributed by atoms with Gasteiger partial charge in [-0.2, -0.15) is 4.57 Å². The average molecular weight is 352 g/mol. The first-order valence-corrected chi connectivity index (χ1v) is 8.34. The average Bonchev–Trinajstić information content (AvgIpc) is 3.00. The summed E-state index contributed by atoms with van der Waals surface area (Å²) in [5.74, 6) is 0. The molecule has 2 aliphatic heterocycles. The number of halogens is 1. The van der Waals surface area contributed by atoms with E-state index in [4.69, 9.17) is 4.74 Å². The van der Waals surface area contributed by atoms with Crippen LogP contribution in [0.5, 0.6) is 0 Å². The van der Waals surface area contributed by atoms with Crippen molar-refractivity contribution in [3.63, 3.8) is 0 Å². The van der Waals surface area contributed by atoms with Crippen LogP contribution in [0, 0.1) is 0 Å². The van der Waals surface area contributed by atoms with Crippen LogP contribution in [0.1, 0.15) is 32.6 Å². The predicted octanol–water partition coefficient (Wildman–Crippen LogP) is 2.75. The molecule has 2 fully saturated rings. The Morgan fingerprint density at radius 1 is 1.25 bits per heavy atom. The number of hydrogen-bond acceptors (Lipinski definition) is 4. The van der Waals surface area contributed by atoms with Crippen LogP contribution in [0.3, 0.4) is 0 Å². The van der Waals surface area contributed by atoms with Gasteiger partial charge in [0.2, 0.25) is 0 Å². The molecule has 6 nitrogen and oxygen atoms in total. The van der Waals surface area contributed by atoms with E-state index in [9.17, 15) is 9.59 Å². The molecule has 1 aromatic heterocycles. The minimum absolute atomic E-state index is 0. The van der Waals surface area contributed by atoms with Crippen molar-refractivity contribution in [2.24, 2.45) is 0 Å². The Hall–Kier alpha value is -1.79. The molecule has 2 unspecified atom stereocenters. The zero-order valence-corrected chi connectivity index (χ0v) is 14.4. The second kappa shape index (κ2) is 6.61. The lowest BCUT2D eigenvalue weighted by Gasteiger charge is -2.37. The van der Waals surface area contributed by atoms with Crippen LogP contribution in [-0.4, -0.2) is 45.3 Å². The number of fused-ring (bicyclic) bond motifs is 3. The zero-order valence-electron chi connectivity index (χ0n) is 13.6. The van der Waals surface area contributed by atoms with Gasteiger partial charge in [0.05, 0.1) is 11.0 Å². The maximum absolute atomic E-state index is 12.5. The van der Waals surface area contributed by atoms with Crippen molar-refractivity contribution in [3.8, 4) is 0 Å². The summed E-state index contributed by atoms with van der Waals surface area (Å²) >= 11 is 0. The third-order valence-corrected chi connectivity index (χ3v) is 5.25. The zero-order chi connectivity index (χ0) is 16.0. The fourth-order valence-corrected chi connectivity index (χ4v) is 4.27. The quantitative estimate of drug-likeness (QED) is 0.903. The standard InChI is InChI=1S/C17H21N3O3.ClH/c1-2-19-11-7-8-12(19)10-13(9-11)23-17(22)20-15-6-4-3-5-14(15)18-16(20)21;/h3-6,11-13H,2,7-10H2,1H3,(H,18,21);1H. The van der Waals surface area contributed by atoms with Crippen LogP contribution in [0.2, 0.25) is 0 Å². The Bertz CT molecular complexity index is 786. The monoisotopic (exact) mass is 351 g/mol. The summed E-state index contributed by atoms with van der Waals surface area (Å²) in [6.07, 6.45) is 3.43. The summed E-state index contributed by atoms with van der Waals surface area (Å²) < 4.78 is 6.78. The van der Waals surface area contributed by atoms with Crippen molar-refractivity contribution >= 4 is 29.5 Å². The van der Waals surface area contributed by atoms with E-state index < -0.39 is 11.8 Å². The summed E-state index contributed by atoms with van der Waals surface area (Å²) in [5.41, 5.74) is 0.775. The number of carbonyl (C=O) groups is 1. The minimum atomic E-state index is -0.568. The van der Waals surface area contributed by atoms with Crippen molar-refractivity contribution in [1.82, 2.24) is 14.5 Å². The number of benzene rings is 1. The van der Waals surface area contributed by atoms with Crippen LogP contribution in [-0.2, 0) is 4.74 Å². The number of aromatic nitrogens is 2. The molecule has 2 atom stereocenters. The highest BCUT2D eigenvalue weighted by molar-refractivity contribution is 5.86. The fourth-order valence-electron chi connectivity index (χ4n) is 4.27.